The molecule has 1 atom stereocenters. The molecule has 0 fully saturated rings. The lowest BCUT2D eigenvalue weighted by Gasteiger charge is -2.02. The van der Waals surface area contributed by atoms with Gasteiger partial charge in [-0.25, -0.2) is 0 Å². The molecule has 0 saturated carbocycles. The van der Waals surface area contributed by atoms with Crippen LogP contribution in [0.4, 0.5) is 0 Å². The van der Waals surface area contributed by atoms with Crippen molar-refractivity contribution in [2.45, 2.75) is 19.3 Å². The normalized spacial score (nSPS) is 12.9. The van der Waals surface area contributed by atoms with Crippen LogP contribution < -0.4 is 0 Å². The lowest BCUT2D eigenvalue weighted by Crippen LogP contribution is -1.87. The number of benzene rings is 1. The number of furan rings is 1. The number of rotatable bonds is 3. The van der Waals surface area contributed by atoms with Gasteiger partial charge in [0.25, 0.3) is 0 Å². The Labute approximate surface area is 84.0 Å². The predicted molar refractivity (Wildman–Crippen MR) is 59.4 cm³/mol. The summed E-state index contributed by atoms with van der Waals surface area (Å²) in [5.74, 6) is 1.46. The molecule has 0 N–H and O–H groups in total. The Kier molecular flexibility index (Phi) is 2.40. The van der Waals surface area contributed by atoms with Crippen molar-refractivity contribution in [2.24, 2.45) is 0 Å². The van der Waals surface area contributed by atoms with Crippen molar-refractivity contribution in [1.82, 2.24) is 0 Å². The first-order valence-electron chi connectivity index (χ1n) is 4.90. The topological polar surface area (TPSA) is 13.1 Å². The summed E-state index contributed by atoms with van der Waals surface area (Å²) >= 11 is 0. The Bertz CT molecular complexity index is 406. The third-order valence-electron chi connectivity index (χ3n) is 2.45. The molecule has 0 aliphatic rings. The fourth-order valence-electron chi connectivity index (χ4n) is 1.61. The van der Waals surface area contributed by atoms with Crippen LogP contribution in [0.5, 0.6) is 0 Å². The van der Waals surface area contributed by atoms with Crippen molar-refractivity contribution >= 4 is 11.0 Å². The highest BCUT2D eigenvalue weighted by atomic mass is 16.3. The van der Waals surface area contributed by atoms with Crippen LogP contribution in [0.3, 0.4) is 0 Å². The zero-order valence-corrected chi connectivity index (χ0v) is 8.36. The number of hydrogen-bond donors (Lipinski definition) is 0. The van der Waals surface area contributed by atoms with Gasteiger partial charge in [0.2, 0.25) is 0 Å². The van der Waals surface area contributed by atoms with E-state index in [0.717, 1.165) is 17.8 Å². The maximum Gasteiger partial charge on any atom is 0.134 e. The van der Waals surface area contributed by atoms with E-state index in [2.05, 4.69) is 25.6 Å². The van der Waals surface area contributed by atoms with E-state index in [-0.39, 0.29) is 0 Å². The Hall–Kier alpha value is -1.50. The molecule has 2 aromatic rings. The van der Waals surface area contributed by atoms with Crippen molar-refractivity contribution in [2.75, 3.05) is 0 Å². The molecular formula is C13H14O. The van der Waals surface area contributed by atoms with Gasteiger partial charge in [0.05, 0.1) is 0 Å². The second kappa shape index (κ2) is 3.70. The summed E-state index contributed by atoms with van der Waals surface area (Å²) in [4.78, 5) is 0. The smallest absolute Gasteiger partial charge is 0.134 e. The molecular weight excluding hydrogens is 172 g/mol. The highest BCUT2D eigenvalue weighted by molar-refractivity contribution is 5.77. The van der Waals surface area contributed by atoms with Crippen molar-refractivity contribution < 1.29 is 4.42 Å². The fourth-order valence-corrected chi connectivity index (χ4v) is 1.61. The highest BCUT2D eigenvalue weighted by Crippen LogP contribution is 2.26. The van der Waals surface area contributed by atoms with E-state index in [9.17, 15) is 0 Å². The molecule has 0 saturated heterocycles. The highest BCUT2D eigenvalue weighted by Gasteiger charge is 2.09. The van der Waals surface area contributed by atoms with E-state index in [1.807, 2.05) is 24.3 Å². The van der Waals surface area contributed by atoms with E-state index >= 15 is 0 Å². The zero-order valence-electron chi connectivity index (χ0n) is 8.36. The number of hydrogen-bond acceptors (Lipinski definition) is 1. The summed E-state index contributed by atoms with van der Waals surface area (Å²) in [5, 5.41) is 1.18. The van der Waals surface area contributed by atoms with E-state index in [4.69, 9.17) is 4.42 Å². The third kappa shape index (κ3) is 1.58. The molecule has 0 amide bonds. The first-order chi connectivity index (χ1) is 6.81. The molecule has 0 radical (unpaired) electrons. The first kappa shape index (κ1) is 9.07. The van der Waals surface area contributed by atoms with Crippen LogP contribution in [0.1, 0.15) is 25.0 Å². The van der Waals surface area contributed by atoms with Gasteiger partial charge in [-0.05, 0) is 18.6 Å². The summed E-state index contributed by atoms with van der Waals surface area (Å²) < 4.78 is 5.73. The SMILES string of the molecule is C=CC[C@H](C)c1cc2ccccc2o1. The summed E-state index contributed by atoms with van der Waals surface area (Å²) in [7, 11) is 0. The number of fused-ring (bicyclic) bond motifs is 1. The van der Waals surface area contributed by atoms with Gasteiger partial charge in [-0.3, -0.25) is 0 Å². The Balaban J connectivity index is 2.39. The quantitative estimate of drug-likeness (QED) is 0.657. The second-order valence-corrected chi connectivity index (χ2v) is 3.61. The largest absolute Gasteiger partial charge is 0.461 e. The van der Waals surface area contributed by atoms with E-state index in [1.165, 1.54) is 5.39 Å². The third-order valence-corrected chi connectivity index (χ3v) is 2.45. The summed E-state index contributed by atoms with van der Waals surface area (Å²) in [5.41, 5.74) is 0.971. The van der Waals surface area contributed by atoms with E-state index in [0.29, 0.717) is 5.92 Å². The van der Waals surface area contributed by atoms with Crippen LogP contribution in [-0.2, 0) is 0 Å². The van der Waals surface area contributed by atoms with Crippen LogP contribution in [0.25, 0.3) is 11.0 Å². The van der Waals surface area contributed by atoms with Gasteiger partial charge in [0, 0.05) is 11.3 Å². The van der Waals surface area contributed by atoms with Crippen molar-refractivity contribution in [3.05, 3.63) is 48.7 Å². The molecule has 0 unspecified atom stereocenters. The number of para-hydroxylation sites is 1. The predicted octanol–water partition coefficient (Wildman–Crippen LogP) is 4.11. The Morgan fingerprint density at radius 1 is 1.43 bits per heavy atom. The van der Waals surface area contributed by atoms with Gasteiger partial charge >= 0.3 is 0 Å². The zero-order chi connectivity index (χ0) is 9.97. The Morgan fingerprint density at radius 2 is 2.21 bits per heavy atom. The minimum Gasteiger partial charge on any atom is -0.461 e. The molecule has 0 spiro atoms. The van der Waals surface area contributed by atoms with Crippen molar-refractivity contribution in [3.63, 3.8) is 0 Å². The maximum atomic E-state index is 5.73. The van der Waals surface area contributed by atoms with Gasteiger partial charge < -0.3 is 4.42 Å². The molecule has 72 valence electrons. The van der Waals surface area contributed by atoms with Gasteiger partial charge in [-0.15, -0.1) is 6.58 Å². The molecule has 1 heteroatoms. The average Bonchev–Trinajstić information content (AvgIpc) is 2.61. The van der Waals surface area contributed by atoms with E-state index in [1.54, 1.807) is 0 Å². The van der Waals surface area contributed by atoms with Gasteiger partial charge in [-0.1, -0.05) is 31.2 Å². The van der Waals surface area contributed by atoms with Crippen LogP contribution >= 0.6 is 0 Å². The minimum absolute atomic E-state index is 0.417. The van der Waals surface area contributed by atoms with Gasteiger partial charge in [0.1, 0.15) is 11.3 Å². The summed E-state index contributed by atoms with van der Waals surface area (Å²) in [6.45, 7) is 5.89. The second-order valence-electron chi connectivity index (χ2n) is 3.61. The van der Waals surface area contributed by atoms with Crippen molar-refractivity contribution in [1.29, 1.82) is 0 Å². The molecule has 0 aliphatic heterocycles. The molecule has 1 aromatic heterocycles. The Morgan fingerprint density at radius 3 is 2.93 bits per heavy atom. The molecule has 2 rings (SSSR count). The molecule has 1 heterocycles. The molecule has 1 nitrogen and oxygen atoms in total. The van der Waals surface area contributed by atoms with Gasteiger partial charge in [-0.2, -0.15) is 0 Å². The minimum atomic E-state index is 0.417. The molecule has 0 bridgehead atoms. The molecule has 14 heavy (non-hydrogen) atoms. The monoisotopic (exact) mass is 186 g/mol. The van der Waals surface area contributed by atoms with E-state index < -0.39 is 0 Å². The van der Waals surface area contributed by atoms with Crippen LogP contribution in [0.15, 0.2) is 47.4 Å². The number of allylic oxidation sites excluding steroid dienone is 1. The maximum absolute atomic E-state index is 5.73. The molecule has 1 aromatic carbocycles. The average molecular weight is 186 g/mol. The first-order valence-corrected chi connectivity index (χ1v) is 4.90. The fraction of sp³-hybridized carbons (Fsp3) is 0.231. The van der Waals surface area contributed by atoms with Crippen molar-refractivity contribution in [3.8, 4) is 0 Å². The lowest BCUT2D eigenvalue weighted by molar-refractivity contribution is 0.508. The molecule has 0 aliphatic carbocycles. The standard InChI is InChI=1S/C13H14O/c1-3-6-10(2)13-9-11-7-4-5-8-12(11)14-13/h3-5,7-10H,1,6H2,2H3/t10-/m0/s1. The van der Waals surface area contributed by atoms with Crippen LogP contribution in [0.2, 0.25) is 0 Å². The van der Waals surface area contributed by atoms with Gasteiger partial charge in [0.15, 0.2) is 0 Å². The summed E-state index contributed by atoms with van der Waals surface area (Å²) in [6, 6.07) is 10.2. The van der Waals surface area contributed by atoms with Crippen LogP contribution in [0, 0.1) is 0 Å². The lowest BCUT2D eigenvalue weighted by atomic mass is 10.1. The van der Waals surface area contributed by atoms with Crippen LogP contribution in [-0.4, -0.2) is 0 Å². The summed E-state index contributed by atoms with van der Waals surface area (Å²) in [6.07, 6.45) is 2.89.